The highest BCUT2D eigenvalue weighted by atomic mass is 127. The van der Waals surface area contributed by atoms with Gasteiger partial charge in [0.25, 0.3) is 5.91 Å². The van der Waals surface area contributed by atoms with Crippen molar-refractivity contribution in [3.63, 3.8) is 0 Å². The summed E-state index contributed by atoms with van der Waals surface area (Å²) >= 11 is 7.97. The average molecular weight is 368 g/mol. The number of rotatable bonds is 3. The first-order valence-electron chi connectivity index (χ1n) is 5.13. The van der Waals surface area contributed by atoms with E-state index in [1.54, 1.807) is 39.1 Å². The Balaban J connectivity index is 2.93. The molecule has 1 N–H and O–H groups in total. The highest BCUT2D eigenvalue weighted by molar-refractivity contribution is 14.1. The number of hydrogen-bond acceptors (Lipinski definition) is 2. The number of amides is 1. The maximum absolute atomic E-state index is 12.1. The molecule has 0 aliphatic rings. The van der Waals surface area contributed by atoms with Gasteiger partial charge in [0.05, 0.1) is 11.2 Å². The average Bonchev–Trinajstić information content (AvgIpc) is 2.18. The SMILES string of the molecule is CN(CC(C)(C)O)C(=O)c1cc(Cl)ccc1I. The molecule has 0 aromatic heterocycles. The van der Waals surface area contributed by atoms with Gasteiger partial charge in [-0.05, 0) is 54.6 Å². The number of carbonyl (C=O) groups is 1. The molecular weight excluding hydrogens is 352 g/mol. The normalized spacial score (nSPS) is 11.4. The van der Waals surface area contributed by atoms with Crippen LogP contribution in [0.3, 0.4) is 0 Å². The van der Waals surface area contributed by atoms with Crippen molar-refractivity contribution in [1.82, 2.24) is 4.90 Å². The second kappa shape index (κ2) is 5.54. The van der Waals surface area contributed by atoms with Gasteiger partial charge in [-0.15, -0.1) is 0 Å². The van der Waals surface area contributed by atoms with Gasteiger partial charge < -0.3 is 10.0 Å². The summed E-state index contributed by atoms with van der Waals surface area (Å²) in [5.41, 5.74) is -0.348. The first kappa shape index (κ1) is 14.7. The Morgan fingerprint density at radius 2 is 2.12 bits per heavy atom. The van der Waals surface area contributed by atoms with E-state index in [0.717, 1.165) is 3.57 Å². The molecule has 1 aromatic rings. The van der Waals surface area contributed by atoms with E-state index < -0.39 is 5.60 Å². The molecular formula is C12H15ClINO2. The topological polar surface area (TPSA) is 40.5 Å². The van der Waals surface area contributed by atoms with Crippen molar-refractivity contribution in [3.8, 4) is 0 Å². The lowest BCUT2D eigenvalue weighted by atomic mass is 10.1. The van der Waals surface area contributed by atoms with Crippen molar-refractivity contribution in [2.45, 2.75) is 19.4 Å². The molecule has 0 aliphatic heterocycles. The Morgan fingerprint density at radius 1 is 1.53 bits per heavy atom. The summed E-state index contributed by atoms with van der Waals surface area (Å²) in [6, 6.07) is 5.19. The summed E-state index contributed by atoms with van der Waals surface area (Å²) in [6.45, 7) is 3.61. The molecule has 0 bridgehead atoms. The maximum Gasteiger partial charge on any atom is 0.254 e. The van der Waals surface area contributed by atoms with Crippen LogP contribution < -0.4 is 0 Å². The van der Waals surface area contributed by atoms with Gasteiger partial charge in [0.15, 0.2) is 0 Å². The maximum atomic E-state index is 12.1. The highest BCUT2D eigenvalue weighted by Gasteiger charge is 2.21. The molecule has 0 radical (unpaired) electrons. The quantitative estimate of drug-likeness (QED) is 0.835. The number of halogens is 2. The van der Waals surface area contributed by atoms with Crippen molar-refractivity contribution in [1.29, 1.82) is 0 Å². The molecule has 1 amide bonds. The first-order valence-corrected chi connectivity index (χ1v) is 6.59. The lowest BCUT2D eigenvalue weighted by Crippen LogP contribution is -2.39. The van der Waals surface area contributed by atoms with E-state index in [-0.39, 0.29) is 12.5 Å². The standard InChI is InChI=1S/C12H15ClINO2/c1-12(2,17)7-15(3)11(16)9-6-8(13)4-5-10(9)14/h4-6,17H,7H2,1-3H3. The van der Waals surface area contributed by atoms with Crippen molar-refractivity contribution in [2.75, 3.05) is 13.6 Å². The van der Waals surface area contributed by atoms with Crippen molar-refractivity contribution in [2.24, 2.45) is 0 Å². The fraction of sp³-hybridized carbons (Fsp3) is 0.417. The fourth-order valence-electron chi connectivity index (χ4n) is 1.52. The number of carbonyl (C=O) groups excluding carboxylic acids is 1. The zero-order valence-corrected chi connectivity index (χ0v) is 12.9. The number of hydrogen-bond donors (Lipinski definition) is 1. The Kier molecular flexibility index (Phi) is 4.80. The number of aliphatic hydroxyl groups is 1. The van der Waals surface area contributed by atoms with Gasteiger partial charge in [-0.1, -0.05) is 11.6 Å². The Labute approximate surface area is 120 Å². The van der Waals surface area contributed by atoms with Crippen LogP contribution in [0, 0.1) is 3.57 Å². The van der Waals surface area contributed by atoms with E-state index in [1.807, 2.05) is 0 Å². The minimum Gasteiger partial charge on any atom is -0.389 e. The van der Waals surface area contributed by atoms with Crippen LogP contribution >= 0.6 is 34.2 Å². The van der Waals surface area contributed by atoms with Crippen LogP contribution in [0.25, 0.3) is 0 Å². The van der Waals surface area contributed by atoms with Gasteiger partial charge in [0.2, 0.25) is 0 Å². The molecule has 17 heavy (non-hydrogen) atoms. The van der Waals surface area contributed by atoms with E-state index in [4.69, 9.17) is 11.6 Å². The van der Waals surface area contributed by atoms with Gasteiger partial charge in [-0.2, -0.15) is 0 Å². The Morgan fingerprint density at radius 3 is 2.65 bits per heavy atom. The van der Waals surface area contributed by atoms with Crippen LogP contribution in [0.2, 0.25) is 5.02 Å². The molecule has 0 aliphatic carbocycles. The van der Waals surface area contributed by atoms with Crippen molar-refractivity contribution < 1.29 is 9.90 Å². The summed E-state index contributed by atoms with van der Waals surface area (Å²) in [5, 5.41) is 10.2. The second-order valence-electron chi connectivity index (χ2n) is 4.60. The van der Waals surface area contributed by atoms with Crippen LogP contribution in [-0.2, 0) is 0 Å². The molecule has 3 nitrogen and oxygen atoms in total. The van der Waals surface area contributed by atoms with Gasteiger partial charge in [0.1, 0.15) is 0 Å². The highest BCUT2D eigenvalue weighted by Crippen LogP contribution is 2.19. The van der Waals surface area contributed by atoms with E-state index in [9.17, 15) is 9.90 Å². The number of nitrogens with zero attached hydrogens (tertiary/aromatic N) is 1. The molecule has 0 atom stereocenters. The third-order valence-electron chi connectivity index (χ3n) is 2.13. The predicted octanol–water partition coefficient (Wildman–Crippen LogP) is 2.79. The van der Waals surface area contributed by atoms with Crippen LogP contribution in [-0.4, -0.2) is 35.1 Å². The molecule has 94 valence electrons. The molecule has 0 heterocycles. The van der Waals surface area contributed by atoms with E-state index in [1.165, 1.54) is 4.90 Å². The lowest BCUT2D eigenvalue weighted by molar-refractivity contribution is 0.0367. The van der Waals surface area contributed by atoms with Gasteiger partial charge in [-0.25, -0.2) is 0 Å². The molecule has 5 heteroatoms. The minimum absolute atomic E-state index is 0.140. The Hall–Kier alpha value is -0.330. The van der Waals surface area contributed by atoms with Crippen LogP contribution in [0.5, 0.6) is 0 Å². The molecule has 0 fully saturated rings. The van der Waals surface area contributed by atoms with Crippen molar-refractivity contribution >= 4 is 40.1 Å². The molecule has 1 rings (SSSR count). The van der Waals surface area contributed by atoms with E-state index in [2.05, 4.69) is 22.6 Å². The summed E-state index contributed by atoms with van der Waals surface area (Å²) in [5.74, 6) is -0.140. The fourth-order valence-corrected chi connectivity index (χ4v) is 2.26. The third-order valence-corrected chi connectivity index (χ3v) is 3.31. The summed E-state index contributed by atoms with van der Waals surface area (Å²) < 4.78 is 0.847. The minimum atomic E-state index is -0.908. The molecule has 1 aromatic carbocycles. The molecule has 0 saturated carbocycles. The summed E-state index contributed by atoms with van der Waals surface area (Å²) in [6.07, 6.45) is 0. The van der Waals surface area contributed by atoms with Gasteiger partial charge in [0, 0.05) is 22.2 Å². The third kappa shape index (κ3) is 4.44. The van der Waals surface area contributed by atoms with Crippen LogP contribution in [0.4, 0.5) is 0 Å². The molecule has 0 unspecified atom stereocenters. The largest absolute Gasteiger partial charge is 0.389 e. The van der Waals surface area contributed by atoms with E-state index in [0.29, 0.717) is 10.6 Å². The van der Waals surface area contributed by atoms with Gasteiger partial charge >= 0.3 is 0 Å². The monoisotopic (exact) mass is 367 g/mol. The van der Waals surface area contributed by atoms with Gasteiger partial charge in [-0.3, -0.25) is 4.79 Å². The summed E-state index contributed by atoms with van der Waals surface area (Å²) in [7, 11) is 1.66. The van der Waals surface area contributed by atoms with E-state index >= 15 is 0 Å². The van der Waals surface area contributed by atoms with Crippen LogP contribution in [0.15, 0.2) is 18.2 Å². The zero-order chi connectivity index (χ0) is 13.2. The lowest BCUT2D eigenvalue weighted by Gasteiger charge is -2.26. The second-order valence-corrected chi connectivity index (χ2v) is 6.20. The number of likely N-dealkylation sites (N-methyl/N-ethyl adjacent to an activating group) is 1. The smallest absolute Gasteiger partial charge is 0.254 e. The molecule has 0 spiro atoms. The zero-order valence-electron chi connectivity index (χ0n) is 10.00. The predicted molar refractivity (Wildman–Crippen MR) is 77.4 cm³/mol. The van der Waals surface area contributed by atoms with Crippen LogP contribution in [0.1, 0.15) is 24.2 Å². The Bertz CT molecular complexity index is 429. The number of benzene rings is 1. The summed E-state index contributed by atoms with van der Waals surface area (Å²) in [4.78, 5) is 13.6. The molecule has 0 saturated heterocycles. The van der Waals surface area contributed by atoms with Crippen molar-refractivity contribution in [3.05, 3.63) is 32.4 Å². The first-order chi connectivity index (χ1) is 7.70.